The number of hydrogen-bond donors (Lipinski definition) is 1. The lowest BCUT2D eigenvalue weighted by Crippen LogP contribution is -2.33. The van der Waals surface area contributed by atoms with Crippen molar-refractivity contribution in [3.05, 3.63) is 34.9 Å². The molecule has 0 aromatic heterocycles. The van der Waals surface area contributed by atoms with Gasteiger partial charge in [0.05, 0.1) is 11.8 Å². The number of nitrogens with zero attached hydrogens (tertiary/aromatic N) is 1. The van der Waals surface area contributed by atoms with E-state index < -0.39 is 23.2 Å². The normalized spacial score (nSPS) is 22.7. The molecule has 1 saturated carbocycles. The Morgan fingerprint density at radius 2 is 2.00 bits per heavy atom. The molecule has 5 heteroatoms. The standard InChI is InChI=1S/C16H20ClNO3/c1-4-18(9-10-6-5-7-11(17)8-10)14(19)12-13(15(20)21)16(12,2)3/h5-8,12-13H,4,9H2,1-3H3,(H,20,21). The maximum atomic E-state index is 12.6. The van der Waals surface area contributed by atoms with Crippen LogP contribution in [0.5, 0.6) is 0 Å². The highest BCUT2D eigenvalue weighted by Gasteiger charge is 2.66. The Bertz CT molecular complexity index is 570. The summed E-state index contributed by atoms with van der Waals surface area (Å²) in [5.41, 5.74) is 0.480. The highest BCUT2D eigenvalue weighted by molar-refractivity contribution is 6.30. The number of carbonyl (C=O) groups excluding carboxylic acids is 1. The molecule has 114 valence electrons. The van der Waals surface area contributed by atoms with E-state index in [1.165, 1.54) is 0 Å². The summed E-state index contributed by atoms with van der Waals surface area (Å²) in [5.74, 6) is -2.00. The van der Waals surface area contributed by atoms with E-state index in [0.29, 0.717) is 18.1 Å². The van der Waals surface area contributed by atoms with Crippen molar-refractivity contribution in [1.29, 1.82) is 0 Å². The SMILES string of the molecule is CCN(Cc1cccc(Cl)c1)C(=O)C1C(C(=O)O)C1(C)C. The minimum absolute atomic E-state index is 0.0881. The predicted octanol–water partition coefficient (Wildman–Crippen LogP) is 3.05. The van der Waals surface area contributed by atoms with E-state index in [-0.39, 0.29) is 5.91 Å². The van der Waals surface area contributed by atoms with Gasteiger partial charge in [-0.15, -0.1) is 0 Å². The van der Waals surface area contributed by atoms with Gasteiger partial charge < -0.3 is 10.0 Å². The van der Waals surface area contributed by atoms with Crippen LogP contribution in [0.4, 0.5) is 0 Å². The summed E-state index contributed by atoms with van der Waals surface area (Å²) in [6.07, 6.45) is 0. The van der Waals surface area contributed by atoms with E-state index >= 15 is 0 Å². The number of halogens is 1. The van der Waals surface area contributed by atoms with Crippen LogP contribution in [0.15, 0.2) is 24.3 Å². The van der Waals surface area contributed by atoms with Gasteiger partial charge in [-0.2, -0.15) is 0 Å². The second-order valence-electron chi connectivity index (χ2n) is 6.10. The molecular formula is C16H20ClNO3. The van der Waals surface area contributed by atoms with E-state index in [9.17, 15) is 14.7 Å². The fourth-order valence-electron chi connectivity index (χ4n) is 2.96. The molecule has 0 bridgehead atoms. The first-order chi connectivity index (χ1) is 9.78. The summed E-state index contributed by atoms with van der Waals surface area (Å²) in [6, 6.07) is 7.36. The first kappa shape index (κ1) is 15.8. The molecule has 0 radical (unpaired) electrons. The van der Waals surface area contributed by atoms with Gasteiger partial charge in [0.1, 0.15) is 0 Å². The molecule has 1 fully saturated rings. The first-order valence-electron chi connectivity index (χ1n) is 7.05. The number of rotatable bonds is 5. The Labute approximate surface area is 129 Å². The monoisotopic (exact) mass is 309 g/mol. The van der Waals surface area contributed by atoms with Gasteiger partial charge in [-0.25, -0.2) is 0 Å². The Hall–Kier alpha value is -1.55. The summed E-state index contributed by atoms with van der Waals surface area (Å²) < 4.78 is 0. The van der Waals surface area contributed by atoms with Gasteiger partial charge in [0.15, 0.2) is 0 Å². The molecule has 0 aliphatic heterocycles. The molecule has 1 aliphatic carbocycles. The van der Waals surface area contributed by atoms with Gasteiger partial charge >= 0.3 is 5.97 Å². The summed E-state index contributed by atoms with van der Waals surface area (Å²) in [6.45, 7) is 6.57. The predicted molar refractivity (Wildman–Crippen MR) is 80.9 cm³/mol. The van der Waals surface area contributed by atoms with Crippen LogP contribution in [0, 0.1) is 17.3 Å². The lowest BCUT2D eigenvalue weighted by molar-refractivity contribution is -0.142. The van der Waals surface area contributed by atoms with E-state index in [2.05, 4.69) is 0 Å². The van der Waals surface area contributed by atoms with Gasteiger partial charge in [-0.05, 0) is 30.0 Å². The zero-order valence-electron chi connectivity index (χ0n) is 12.5. The third-order valence-corrected chi connectivity index (χ3v) is 4.55. The molecule has 0 spiro atoms. The number of benzene rings is 1. The Morgan fingerprint density at radius 3 is 2.48 bits per heavy atom. The van der Waals surface area contributed by atoms with Crippen LogP contribution >= 0.6 is 11.6 Å². The smallest absolute Gasteiger partial charge is 0.307 e. The van der Waals surface area contributed by atoms with Crippen molar-refractivity contribution < 1.29 is 14.7 Å². The van der Waals surface area contributed by atoms with Crippen LogP contribution in [0.2, 0.25) is 5.02 Å². The highest BCUT2D eigenvalue weighted by Crippen LogP contribution is 2.59. The Morgan fingerprint density at radius 1 is 1.33 bits per heavy atom. The van der Waals surface area contributed by atoms with Crippen molar-refractivity contribution in [2.45, 2.75) is 27.3 Å². The van der Waals surface area contributed by atoms with E-state index in [0.717, 1.165) is 5.56 Å². The van der Waals surface area contributed by atoms with Gasteiger partial charge in [-0.3, -0.25) is 9.59 Å². The van der Waals surface area contributed by atoms with Crippen molar-refractivity contribution in [3.63, 3.8) is 0 Å². The van der Waals surface area contributed by atoms with Crippen LogP contribution in [0.25, 0.3) is 0 Å². The van der Waals surface area contributed by atoms with Gasteiger partial charge in [0.25, 0.3) is 0 Å². The zero-order valence-corrected chi connectivity index (χ0v) is 13.2. The molecule has 21 heavy (non-hydrogen) atoms. The number of carbonyl (C=O) groups is 2. The zero-order chi connectivity index (χ0) is 15.8. The van der Waals surface area contributed by atoms with E-state index in [1.54, 1.807) is 11.0 Å². The second-order valence-corrected chi connectivity index (χ2v) is 6.53. The fraction of sp³-hybridized carbons (Fsp3) is 0.500. The van der Waals surface area contributed by atoms with Crippen LogP contribution in [-0.2, 0) is 16.1 Å². The molecule has 2 unspecified atom stereocenters. The molecule has 1 aromatic carbocycles. The molecule has 1 aliphatic rings. The summed E-state index contributed by atoms with van der Waals surface area (Å²) in [7, 11) is 0. The molecular weight excluding hydrogens is 290 g/mol. The average Bonchev–Trinajstić information content (AvgIpc) is 2.98. The number of carboxylic acid groups (broad SMARTS) is 1. The first-order valence-corrected chi connectivity index (χ1v) is 7.42. The maximum Gasteiger partial charge on any atom is 0.307 e. The lowest BCUT2D eigenvalue weighted by atomic mass is 10.1. The lowest BCUT2D eigenvalue weighted by Gasteiger charge is -2.22. The molecule has 0 heterocycles. The molecule has 1 N–H and O–H groups in total. The fourth-order valence-corrected chi connectivity index (χ4v) is 3.17. The number of hydrogen-bond acceptors (Lipinski definition) is 2. The van der Waals surface area contributed by atoms with Crippen molar-refractivity contribution in [1.82, 2.24) is 4.90 Å². The third kappa shape index (κ3) is 3.05. The Balaban J connectivity index is 2.12. The largest absolute Gasteiger partial charge is 0.481 e. The third-order valence-electron chi connectivity index (χ3n) is 4.32. The number of carboxylic acids is 1. The molecule has 2 rings (SSSR count). The van der Waals surface area contributed by atoms with Gasteiger partial charge in [0, 0.05) is 18.1 Å². The number of amides is 1. The molecule has 1 amide bonds. The average molecular weight is 310 g/mol. The quantitative estimate of drug-likeness (QED) is 0.909. The van der Waals surface area contributed by atoms with Crippen LogP contribution in [-0.4, -0.2) is 28.4 Å². The number of aliphatic carboxylic acids is 1. The topological polar surface area (TPSA) is 57.6 Å². The van der Waals surface area contributed by atoms with Crippen molar-refractivity contribution in [3.8, 4) is 0 Å². The van der Waals surface area contributed by atoms with Gasteiger partial charge in [-0.1, -0.05) is 37.6 Å². The minimum Gasteiger partial charge on any atom is -0.481 e. The summed E-state index contributed by atoms with van der Waals surface area (Å²) >= 11 is 5.95. The molecule has 1 aromatic rings. The van der Waals surface area contributed by atoms with Crippen molar-refractivity contribution >= 4 is 23.5 Å². The van der Waals surface area contributed by atoms with Crippen molar-refractivity contribution in [2.24, 2.45) is 17.3 Å². The highest BCUT2D eigenvalue weighted by atomic mass is 35.5. The Kier molecular flexibility index (Phi) is 4.28. The summed E-state index contributed by atoms with van der Waals surface area (Å²) in [4.78, 5) is 25.5. The maximum absolute atomic E-state index is 12.6. The van der Waals surface area contributed by atoms with Crippen LogP contribution in [0.1, 0.15) is 26.3 Å². The molecule has 4 nitrogen and oxygen atoms in total. The second kappa shape index (κ2) is 5.68. The summed E-state index contributed by atoms with van der Waals surface area (Å²) in [5, 5.41) is 9.83. The van der Waals surface area contributed by atoms with E-state index in [4.69, 9.17) is 11.6 Å². The van der Waals surface area contributed by atoms with Crippen LogP contribution in [0.3, 0.4) is 0 Å². The molecule has 0 saturated heterocycles. The van der Waals surface area contributed by atoms with Crippen molar-refractivity contribution in [2.75, 3.05) is 6.54 Å². The van der Waals surface area contributed by atoms with E-state index in [1.807, 2.05) is 39.0 Å². The van der Waals surface area contributed by atoms with Crippen LogP contribution < -0.4 is 0 Å². The van der Waals surface area contributed by atoms with Gasteiger partial charge in [0.2, 0.25) is 5.91 Å². The minimum atomic E-state index is -0.892. The molecule has 2 atom stereocenters.